The molecule has 6 heteroatoms. The van der Waals surface area contributed by atoms with Crippen LogP contribution >= 0.6 is 0 Å². The highest BCUT2D eigenvalue weighted by Crippen LogP contribution is 2.45. The van der Waals surface area contributed by atoms with Gasteiger partial charge in [0.15, 0.2) is 0 Å². The van der Waals surface area contributed by atoms with Gasteiger partial charge in [-0.15, -0.1) is 0 Å². The fourth-order valence-electron chi connectivity index (χ4n) is 5.72. The lowest BCUT2D eigenvalue weighted by molar-refractivity contribution is 0.0866. The van der Waals surface area contributed by atoms with Gasteiger partial charge in [-0.25, -0.2) is 14.8 Å². The molecule has 34 heavy (non-hydrogen) atoms. The largest absolute Gasteiger partial charge is 0.448 e. The fraction of sp³-hybridized carbons (Fsp3) is 0.321. The van der Waals surface area contributed by atoms with Crippen molar-refractivity contribution in [2.24, 2.45) is 0 Å². The van der Waals surface area contributed by atoms with Crippen LogP contribution in [0.15, 0.2) is 67.0 Å². The summed E-state index contributed by atoms with van der Waals surface area (Å²) in [5.74, 6) is 0.778. The second kappa shape index (κ2) is 8.28. The highest BCUT2D eigenvalue weighted by Gasteiger charge is 2.41. The van der Waals surface area contributed by atoms with Crippen molar-refractivity contribution in [2.45, 2.75) is 37.3 Å². The van der Waals surface area contributed by atoms with Crippen molar-refractivity contribution in [3.8, 4) is 11.1 Å². The van der Waals surface area contributed by atoms with Crippen LogP contribution in [0.2, 0.25) is 0 Å². The monoisotopic (exact) mass is 452 g/mol. The van der Waals surface area contributed by atoms with Crippen molar-refractivity contribution in [3.63, 3.8) is 0 Å². The molecule has 0 N–H and O–H groups in total. The third-order valence-corrected chi connectivity index (χ3v) is 7.35. The number of benzene rings is 2. The van der Waals surface area contributed by atoms with Crippen molar-refractivity contribution in [3.05, 3.63) is 83.7 Å². The average Bonchev–Trinajstić information content (AvgIpc) is 3.33. The van der Waals surface area contributed by atoms with Gasteiger partial charge in [0.2, 0.25) is 5.95 Å². The maximum atomic E-state index is 13.2. The Labute approximate surface area is 199 Å². The Bertz CT molecular complexity index is 1220. The zero-order valence-electron chi connectivity index (χ0n) is 19.5. The van der Waals surface area contributed by atoms with Gasteiger partial charge in [-0.3, -0.25) is 4.90 Å². The lowest BCUT2D eigenvalue weighted by Gasteiger charge is -2.33. The quantitative estimate of drug-likeness (QED) is 0.550. The summed E-state index contributed by atoms with van der Waals surface area (Å²) in [6, 6.07) is 17.1. The number of ether oxygens (including phenoxy) is 1. The van der Waals surface area contributed by atoms with Crippen molar-refractivity contribution in [2.75, 3.05) is 25.6 Å². The molecule has 0 spiro atoms. The molecule has 2 aromatic carbocycles. The number of amides is 1. The predicted molar refractivity (Wildman–Crippen MR) is 133 cm³/mol. The van der Waals surface area contributed by atoms with Gasteiger partial charge in [0.25, 0.3) is 0 Å². The third kappa shape index (κ3) is 3.45. The van der Waals surface area contributed by atoms with E-state index in [-0.39, 0.29) is 24.1 Å². The van der Waals surface area contributed by atoms with Gasteiger partial charge < -0.3 is 9.64 Å². The zero-order valence-corrected chi connectivity index (χ0v) is 19.5. The average molecular weight is 453 g/mol. The van der Waals surface area contributed by atoms with Crippen molar-refractivity contribution >= 4 is 17.6 Å². The van der Waals surface area contributed by atoms with Crippen LogP contribution in [0.3, 0.4) is 0 Å². The molecule has 0 radical (unpaired) electrons. The molecule has 1 aliphatic carbocycles. The predicted octanol–water partition coefficient (Wildman–Crippen LogP) is 5.11. The Hall–Kier alpha value is -3.67. The molecule has 2 unspecified atom stereocenters. The van der Waals surface area contributed by atoms with Crippen LogP contribution < -0.4 is 4.90 Å². The Morgan fingerprint density at radius 3 is 2.26 bits per heavy atom. The number of hydrogen-bond donors (Lipinski definition) is 0. The number of anilines is 1. The second-order valence-electron chi connectivity index (χ2n) is 9.57. The SMILES string of the molecule is CN(C)c1ncc(C2=CC3CCC(C2)N3C(=O)OCC2c3ccccc3-c3ccccc32)cn1. The number of aromatic nitrogens is 2. The lowest BCUT2D eigenvalue weighted by atomic mass is 9.97. The standard InChI is InChI=1S/C28H28N4O2/c1-31(2)27-29-15-19(16-30-27)18-13-20-11-12-21(14-18)32(20)28(33)34-17-26-24-9-5-3-7-22(24)23-8-4-6-10-25(23)26/h3-10,13,15-16,20-21,26H,11-12,14,17H2,1-2H3. The van der Waals surface area contributed by atoms with E-state index in [4.69, 9.17) is 4.74 Å². The van der Waals surface area contributed by atoms with Crippen LogP contribution in [-0.4, -0.2) is 53.7 Å². The van der Waals surface area contributed by atoms with Crippen molar-refractivity contribution in [1.29, 1.82) is 0 Å². The van der Waals surface area contributed by atoms with Crippen LogP contribution in [0, 0.1) is 0 Å². The van der Waals surface area contributed by atoms with E-state index in [0.29, 0.717) is 12.6 Å². The fourth-order valence-corrected chi connectivity index (χ4v) is 5.72. The van der Waals surface area contributed by atoms with E-state index in [0.717, 1.165) is 24.8 Å². The number of hydrogen-bond acceptors (Lipinski definition) is 5. The second-order valence-corrected chi connectivity index (χ2v) is 9.57. The molecule has 1 aromatic heterocycles. The van der Waals surface area contributed by atoms with E-state index in [1.54, 1.807) is 0 Å². The molecule has 3 aliphatic rings. The molecule has 2 aliphatic heterocycles. The van der Waals surface area contributed by atoms with Gasteiger partial charge in [-0.2, -0.15) is 0 Å². The molecule has 172 valence electrons. The number of carbonyl (C=O) groups is 1. The zero-order chi connectivity index (χ0) is 23.2. The molecule has 1 fully saturated rings. The van der Waals surface area contributed by atoms with E-state index in [2.05, 4.69) is 64.6 Å². The minimum absolute atomic E-state index is 0.0675. The first-order valence-corrected chi connectivity index (χ1v) is 11.9. The Kier molecular flexibility index (Phi) is 5.09. The molecule has 1 amide bonds. The number of rotatable bonds is 4. The maximum absolute atomic E-state index is 13.2. The van der Waals surface area contributed by atoms with E-state index < -0.39 is 0 Å². The van der Waals surface area contributed by atoms with Crippen LogP contribution in [0.4, 0.5) is 10.7 Å². The summed E-state index contributed by atoms with van der Waals surface area (Å²) >= 11 is 0. The molecule has 6 nitrogen and oxygen atoms in total. The highest BCUT2D eigenvalue weighted by molar-refractivity contribution is 5.79. The molecule has 3 heterocycles. The highest BCUT2D eigenvalue weighted by atomic mass is 16.6. The molecule has 0 saturated carbocycles. The first kappa shape index (κ1) is 20.9. The van der Waals surface area contributed by atoms with Crippen molar-refractivity contribution < 1.29 is 9.53 Å². The van der Waals surface area contributed by atoms with E-state index >= 15 is 0 Å². The summed E-state index contributed by atoms with van der Waals surface area (Å²) in [4.78, 5) is 26.0. The maximum Gasteiger partial charge on any atom is 0.410 e. The van der Waals surface area contributed by atoms with Gasteiger partial charge in [0, 0.05) is 44.0 Å². The van der Waals surface area contributed by atoms with Gasteiger partial charge in [-0.1, -0.05) is 54.6 Å². The van der Waals surface area contributed by atoms with Crippen molar-refractivity contribution in [1.82, 2.24) is 14.9 Å². The minimum atomic E-state index is -0.205. The molecule has 2 atom stereocenters. The normalized spacial score (nSPS) is 20.5. The van der Waals surface area contributed by atoms with E-state index in [1.807, 2.05) is 36.3 Å². The van der Waals surface area contributed by atoms with Crippen LogP contribution in [0.5, 0.6) is 0 Å². The Morgan fingerprint density at radius 1 is 1.00 bits per heavy atom. The minimum Gasteiger partial charge on any atom is -0.448 e. The number of nitrogens with zero attached hydrogens (tertiary/aromatic N) is 4. The summed E-state index contributed by atoms with van der Waals surface area (Å²) in [7, 11) is 3.86. The lowest BCUT2D eigenvalue weighted by Crippen LogP contribution is -2.43. The molecular weight excluding hydrogens is 424 g/mol. The molecule has 1 saturated heterocycles. The first-order valence-electron chi connectivity index (χ1n) is 11.9. The van der Waals surface area contributed by atoms with Gasteiger partial charge in [0.1, 0.15) is 6.61 Å². The number of fused-ring (bicyclic) bond motifs is 5. The van der Waals surface area contributed by atoms with Gasteiger partial charge in [0.05, 0.1) is 6.04 Å². The third-order valence-electron chi connectivity index (χ3n) is 7.35. The van der Waals surface area contributed by atoms with Gasteiger partial charge >= 0.3 is 6.09 Å². The summed E-state index contributed by atoms with van der Waals surface area (Å²) < 4.78 is 5.97. The number of carbonyl (C=O) groups excluding carboxylic acids is 1. The Morgan fingerprint density at radius 2 is 1.65 bits per heavy atom. The van der Waals surface area contributed by atoms with Crippen LogP contribution in [0.1, 0.15) is 41.9 Å². The summed E-state index contributed by atoms with van der Waals surface area (Å²) in [6.07, 6.45) is 8.54. The molecular formula is C28H28N4O2. The smallest absolute Gasteiger partial charge is 0.410 e. The van der Waals surface area contributed by atoms with E-state index in [1.165, 1.54) is 27.8 Å². The summed E-state index contributed by atoms with van der Waals surface area (Å²) in [5.41, 5.74) is 7.22. The first-order chi connectivity index (χ1) is 16.6. The molecule has 6 rings (SSSR count). The molecule has 2 bridgehead atoms. The van der Waals surface area contributed by atoms with Crippen LogP contribution in [0.25, 0.3) is 16.7 Å². The van der Waals surface area contributed by atoms with E-state index in [9.17, 15) is 4.79 Å². The van der Waals surface area contributed by atoms with Crippen LogP contribution in [-0.2, 0) is 4.74 Å². The molecule has 3 aromatic rings. The summed E-state index contributed by atoms with van der Waals surface area (Å²) in [5, 5.41) is 0. The van der Waals surface area contributed by atoms with Gasteiger partial charge in [-0.05, 0) is 47.1 Å². The topological polar surface area (TPSA) is 58.6 Å². The Balaban J connectivity index is 1.18. The summed E-state index contributed by atoms with van der Waals surface area (Å²) in [6.45, 7) is 0.360.